The van der Waals surface area contributed by atoms with Gasteiger partial charge >= 0.3 is 0 Å². The average molecular weight is 269 g/mol. The molecule has 20 heavy (non-hydrogen) atoms. The molecular formula is C18H23NO. The van der Waals surface area contributed by atoms with E-state index >= 15 is 0 Å². The number of benzene rings is 1. The Bertz CT molecular complexity index is 481. The van der Waals surface area contributed by atoms with Crippen LogP contribution < -0.4 is 0 Å². The van der Waals surface area contributed by atoms with Crippen LogP contribution in [0.3, 0.4) is 0 Å². The Morgan fingerprint density at radius 3 is 2.45 bits per heavy atom. The van der Waals surface area contributed by atoms with Crippen LogP contribution >= 0.6 is 0 Å². The van der Waals surface area contributed by atoms with Gasteiger partial charge in [0.15, 0.2) is 0 Å². The number of hydrogen-bond acceptors (Lipinski definition) is 2. The lowest BCUT2D eigenvalue weighted by molar-refractivity contribution is -0.121. The van der Waals surface area contributed by atoms with Crippen LogP contribution in [0.25, 0.3) is 5.57 Å². The van der Waals surface area contributed by atoms with E-state index in [1.165, 1.54) is 36.9 Å². The third-order valence-electron chi connectivity index (χ3n) is 4.59. The van der Waals surface area contributed by atoms with E-state index < -0.39 is 0 Å². The Hall–Kier alpha value is -1.41. The minimum absolute atomic E-state index is 0.441. The monoisotopic (exact) mass is 269 g/mol. The van der Waals surface area contributed by atoms with Gasteiger partial charge in [0.05, 0.1) is 0 Å². The molecule has 1 fully saturated rings. The van der Waals surface area contributed by atoms with Crippen molar-refractivity contribution in [3.8, 4) is 0 Å². The smallest absolute Gasteiger partial charge is 0.135 e. The molecule has 1 aliphatic carbocycles. The lowest BCUT2D eigenvalue weighted by atomic mass is 9.86. The number of likely N-dealkylation sites (tertiary alicyclic amines) is 1. The topological polar surface area (TPSA) is 20.3 Å². The predicted molar refractivity (Wildman–Crippen MR) is 82.4 cm³/mol. The van der Waals surface area contributed by atoms with Crippen molar-refractivity contribution in [2.75, 3.05) is 19.6 Å². The number of Topliss-reactive ketones (excluding diaryl/α,β-unsaturated/α-hetero) is 1. The molecule has 0 bridgehead atoms. The second-order valence-electron chi connectivity index (χ2n) is 6.08. The summed E-state index contributed by atoms with van der Waals surface area (Å²) in [5.74, 6) is 1.21. The molecule has 106 valence electrons. The van der Waals surface area contributed by atoms with Crippen LogP contribution in [-0.2, 0) is 4.79 Å². The Morgan fingerprint density at radius 1 is 1.05 bits per heavy atom. The van der Waals surface area contributed by atoms with Crippen LogP contribution in [0.1, 0.15) is 37.7 Å². The summed E-state index contributed by atoms with van der Waals surface area (Å²) in [4.78, 5) is 13.7. The summed E-state index contributed by atoms with van der Waals surface area (Å²) >= 11 is 0. The fourth-order valence-corrected chi connectivity index (χ4v) is 3.32. The average Bonchev–Trinajstić information content (AvgIpc) is 2.51. The normalized spacial score (nSPS) is 24.5. The number of rotatable bonds is 3. The summed E-state index contributed by atoms with van der Waals surface area (Å²) in [5, 5.41) is 0. The van der Waals surface area contributed by atoms with Gasteiger partial charge in [-0.3, -0.25) is 4.79 Å². The van der Waals surface area contributed by atoms with Gasteiger partial charge in [-0.05, 0) is 36.3 Å². The van der Waals surface area contributed by atoms with Gasteiger partial charge in [-0.2, -0.15) is 0 Å². The highest BCUT2D eigenvalue weighted by molar-refractivity contribution is 5.79. The SMILES string of the molecule is O=C1CCN(C[C@H]2CC=C(c3ccccc3)CC2)CC1. The molecule has 1 heterocycles. The minimum Gasteiger partial charge on any atom is -0.302 e. The first-order chi connectivity index (χ1) is 9.81. The van der Waals surface area contributed by atoms with E-state index in [1.807, 2.05) is 0 Å². The highest BCUT2D eigenvalue weighted by atomic mass is 16.1. The Labute approximate surface area is 121 Å². The van der Waals surface area contributed by atoms with Crippen LogP contribution in [0.2, 0.25) is 0 Å². The molecule has 0 saturated carbocycles. The lowest BCUT2D eigenvalue weighted by Crippen LogP contribution is -2.37. The molecule has 2 heteroatoms. The van der Waals surface area contributed by atoms with Crippen molar-refractivity contribution in [3.05, 3.63) is 42.0 Å². The molecule has 2 aliphatic rings. The van der Waals surface area contributed by atoms with Crippen molar-refractivity contribution in [1.29, 1.82) is 0 Å². The molecule has 0 spiro atoms. The Morgan fingerprint density at radius 2 is 1.80 bits per heavy atom. The van der Waals surface area contributed by atoms with Crippen molar-refractivity contribution in [3.63, 3.8) is 0 Å². The third-order valence-corrected chi connectivity index (χ3v) is 4.59. The summed E-state index contributed by atoms with van der Waals surface area (Å²) in [6.07, 6.45) is 7.62. The Kier molecular flexibility index (Phi) is 4.31. The summed E-state index contributed by atoms with van der Waals surface area (Å²) < 4.78 is 0. The van der Waals surface area contributed by atoms with E-state index in [-0.39, 0.29) is 0 Å². The molecule has 1 aromatic carbocycles. The lowest BCUT2D eigenvalue weighted by Gasteiger charge is -2.31. The standard InChI is InChI=1S/C18H23NO/c20-18-10-12-19(13-11-18)14-15-6-8-17(9-7-15)16-4-2-1-3-5-16/h1-5,8,15H,6-7,9-14H2/t15-/m0/s1. The number of ketones is 1. The Balaban J connectivity index is 1.53. The van der Waals surface area contributed by atoms with Crippen LogP contribution in [-0.4, -0.2) is 30.3 Å². The largest absolute Gasteiger partial charge is 0.302 e. The summed E-state index contributed by atoms with van der Waals surface area (Å²) in [6, 6.07) is 10.7. The molecule has 0 radical (unpaired) electrons. The molecule has 0 N–H and O–H groups in total. The van der Waals surface area contributed by atoms with Crippen LogP contribution in [0, 0.1) is 5.92 Å². The second kappa shape index (κ2) is 6.36. The first-order valence-corrected chi connectivity index (χ1v) is 7.80. The van der Waals surface area contributed by atoms with E-state index in [2.05, 4.69) is 41.3 Å². The van der Waals surface area contributed by atoms with Gasteiger partial charge in [0.2, 0.25) is 0 Å². The molecule has 1 aromatic rings. The van der Waals surface area contributed by atoms with Gasteiger partial charge in [0.25, 0.3) is 0 Å². The molecule has 0 aromatic heterocycles. The number of carbonyl (C=O) groups is 1. The van der Waals surface area contributed by atoms with Gasteiger partial charge in [-0.1, -0.05) is 36.4 Å². The zero-order valence-corrected chi connectivity index (χ0v) is 12.1. The molecule has 3 rings (SSSR count). The first-order valence-electron chi connectivity index (χ1n) is 7.80. The number of nitrogens with zero attached hydrogens (tertiary/aromatic N) is 1. The van der Waals surface area contributed by atoms with Crippen molar-refractivity contribution >= 4 is 11.4 Å². The van der Waals surface area contributed by atoms with Crippen molar-refractivity contribution in [2.24, 2.45) is 5.92 Å². The maximum atomic E-state index is 11.3. The maximum Gasteiger partial charge on any atom is 0.135 e. The second-order valence-corrected chi connectivity index (χ2v) is 6.08. The predicted octanol–water partition coefficient (Wildman–Crippen LogP) is 3.54. The van der Waals surface area contributed by atoms with Gasteiger partial charge < -0.3 is 4.90 Å². The molecule has 0 unspecified atom stereocenters. The molecule has 0 amide bonds. The quantitative estimate of drug-likeness (QED) is 0.836. The van der Waals surface area contributed by atoms with E-state index in [9.17, 15) is 4.79 Å². The van der Waals surface area contributed by atoms with E-state index in [0.29, 0.717) is 5.78 Å². The van der Waals surface area contributed by atoms with Crippen molar-refractivity contribution in [1.82, 2.24) is 4.90 Å². The minimum atomic E-state index is 0.441. The van der Waals surface area contributed by atoms with Gasteiger partial charge in [0, 0.05) is 32.5 Å². The zero-order valence-electron chi connectivity index (χ0n) is 12.1. The highest BCUT2D eigenvalue weighted by Gasteiger charge is 2.21. The molecular weight excluding hydrogens is 246 g/mol. The number of allylic oxidation sites excluding steroid dienone is 2. The number of hydrogen-bond donors (Lipinski definition) is 0. The maximum absolute atomic E-state index is 11.3. The number of carbonyl (C=O) groups excluding carboxylic acids is 1. The van der Waals surface area contributed by atoms with E-state index in [4.69, 9.17) is 0 Å². The summed E-state index contributed by atoms with van der Waals surface area (Å²) in [7, 11) is 0. The van der Waals surface area contributed by atoms with Gasteiger partial charge in [0.1, 0.15) is 5.78 Å². The summed E-state index contributed by atoms with van der Waals surface area (Å²) in [5.41, 5.74) is 2.89. The van der Waals surface area contributed by atoms with Crippen LogP contribution in [0.4, 0.5) is 0 Å². The molecule has 1 aliphatic heterocycles. The van der Waals surface area contributed by atoms with E-state index in [1.54, 1.807) is 0 Å². The fourth-order valence-electron chi connectivity index (χ4n) is 3.32. The van der Waals surface area contributed by atoms with E-state index in [0.717, 1.165) is 31.8 Å². The van der Waals surface area contributed by atoms with Gasteiger partial charge in [-0.15, -0.1) is 0 Å². The fraction of sp³-hybridized carbons (Fsp3) is 0.500. The molecule has 1 saturated heterocycles. The third kappa shape index (κ3) is 3.37. The molecule has 2 nitrogen and oxygen atoms in total. The number of piperidine rings is 1. The van der Waals surface area contributed by atoms with Crippen molar-refractivity contribution in [2.45, 2.75) is 32.1 Å². The van der Waals surface area contributed by atoms with Crippen LogP contribution in [0.5, 0.6) is 0 Å². The molecule has 1 atom stereocenters. The zero-order chi connectivity index (χ0) is 13.8. The van der Waals surface area contributed by atoms with Crippen molar-refractivity contribution < 1.29 is 4.79 Å². The van der Waals surface area contributed by atoms with Gasteiger partial charge in [-0.25, -0.2) is 0 Å². The highest BCUT2D eigenvalue weighted by Crippen LogP contribution is 2.30. The summed E-state index contributed by atoms with van der Waals surface area (Å²) in [6.45, 7) is 3.13. The first kappa shape index (κ1) is 13.6. The van der Waals surface area contributed by atoms with Crippen LogP contribution in [0.15, 0.2) is 36.4 Å².